The van der Waals surface area contributed by atoms with Crippen LogP contribution in [-0.4, -0.2) is 20.6 Å². The van der Waals surface area contributed by atoms with Gasteiger partial charge in [0.25, 0.3) is 0 Å². The van der Waals surface area contributed by atoms with E-state index in [0.29, 0.717) is 5.41 Å². The third-order valence-electron chi connectivity index (χ3n) is 4.14. The largest absolute Gasteiger partial charge is 0.336 e. The van der Waals surface area contributed by atoms with Crippen molar-refractivity contribution in [3.63, 3.8) is 0 Å². The predicted molar refractivity (Wildman–Crippen MR) is 55.8 cm³/mol. The summed E-state index contributed by atoms with van der Waals surface area (Å²) in [6.07, 6.45) is 5.31. The van der Waals surface area contributed by atoms with Gasteiger partial charge in [0.05, 0.1) is 20.6 Å². The molecule has 1 N–H and O–H groups in total. The van der Waals surface area contributed by atoms with Gasteiger partial charge in [-0.1, -0.05) is 19.9 Å². The first kappa shape index (κ1) is 9.26. The second-order valence-corrected chi connectivity index (χ2v) is 5.71. The summed E-state index contributed by atoms with van der Waals surface area (Å²) < 4.78 is 0. The molecule has 2 bridgehead atoms. The first-order chi connectivity index (χ1) is 6.01. The smallest absolute Gasteiger partial charge is 0.0986 e. The molecule has 1 saturated carbocycles. The summed E-state index contributed by atoms with van der Waals surface area (Å²) in [5.41, 5.74) is 2.34. The summed E-state index contributed by atoms with van der Waals surface area (Å²) in [5, 5.41) is 0. The van der Waals surface area contributed by atoms with E-state index >= 15 is 0 Å². The lowest BCUT2D eigenvalue weighted by molar-refractivity contribution is -0.853. The van der Waals surface area contributed by atoms with Gasteiger partial charge in [-0.15, -0.1) is 0 Å². The minimum atomic E-state index is 0.611. The van der Waals surface area contributed by atoms with Crippen molar-refractivity contribution in [3.8, 4) is 0 Å². The molecular formula is C12H22N+. The SMILES string of the molecule is C[NH+](C)CC1=CCC2CC1C2(C)C. The van der Waals surface area contributed by atoms with E-state index in [1.54, 1.807) is 10.5 Å². The molecule has 1 fully saturated rings. The van der Waals surface area contributed by atoms with Gasteiger partial charge in [0.15, 0.2) is 0 Å². The lowest BCUT2D eigenvalue weighted by atomic mass is 9.49. The molecule has 0 heterocycles. The Bertz CT molecular complexity index is 238. The van der Waals surface area contributed by atoms with Gasteiger partial charge in [-0.3, -0.25) is 0 Å². The zero-order valence-electron chi connectivity index (χ0n) is 9.35. The molecule has 0 amide bonds. The van der Waals surface area contributed by atoms with E-state index in [4.69, 9.17) is 0 Å². The van der Waals surface area contributed by atoms with E-state index in [-0.39, 0.29) is 0 Å². The molecule has 0 saturated heterocycles. The Morgan fingerprint density at radius 2 is 2.15 bits per heavy atom. The van der Waals surface area contributed by atoms with Crippen LogP contribution >= 0.6 is 0 Å². The van der Waals surface area contributed by atoms with Gasteiger partial charge < -0.3 is 4.90 Å². The molecule has 1 heteroatoms. The number of quaternary nitrogens is 1. The highest BCUT2D eigenvalue weighted by molar-refractivity contribution is 5.23. The molecule has 1 nitrogen and oxygen atoms in total. The van der Waals surface area contributed by atoms with Gasteiger partial charge in [0.1, 0.15) is 0 Å². The van der Waals surface area contributed by atoms with Crippen molar-refractivity contribution in [1.82, 2.24) is 0 Å². The topological polar surface area (TPSA) is 4.44 Å². The Balaban J connectivity index is 2.10. The predicted octanol–water partition coefficient (Wildman–Crippen LogP) is 1.12. The molecule has 0 aliphatic heterocycles. The van der Waals surface area contributed by atoms with E-state index in [1.807, 2.05) is 0 Å². The summed E-state index contributed by atoms with van der Waals surface area (Å²) >= 11 is 0. The van der Waals surface area contributed by atoms with E-state index in [1.165, 1.54) is 19.4 Å². The van der Waals surface area contributed by atoms with Crippen molar-refractivity contribution in [2.75, 3.05) is 20.6 Å². The maximum atomic E-state index is 2.51. The Labute approximate surface area is 81.8 Å². The Morgan fingerprint density at radius 3 is 2.62 bits per heavy atom. The summed E-state index contributed by atoms with van der Waals surface area (Å²) in [5.74, 6) is 1.89. The molecular weight excluding hydrogens is 158 g/mol. The van der Waals surface area contributed by atoms with Crippen LogP contribution in [0.25, 0.3) is 0 Å². The van der Waals surface area contributed by atoms with E-state index in [9.17, 15) is 0 Å². The van der Waals surface area contributed by atoms with Crippen LogP contribution < -0.4 is 4.90 Å². The van der Waals surface area contributed by atoms with Crippen LogP contribution in [0, 0.1) is 17.3 Å². The number of fused-ring (bicyclic) bond motifs is 1. The third-order valence-corrected chi connectivity index (χ3v) is 4.14. The van der Waals surface area contributed by atoms with E-state index in [0.717, 1.165) is 11.8 Å². The minimum absolute atomic E-state index is 0.611. The van der Waals surface area contributed by atoms with E-state index < -0.39 is 0 Å². The minimum Gasteiger partial charge on any atom is -0.336 e. The van der Waals surface area contributed by atoms with Gasteiger partial charge in [-0.25, -0.2) is 0 Å². The fraction of sp³-hybridized carbons (Fsp3) is 0.833. The number of hydrogen-bond donors (Lipinski definition) is 1. The van der Waals surface area contributed by atoms with Gasteiger partial charge in [-0.2, -0.15) is 0 Å². The highest BCUT2D eigenvalue weighted by Gasteiger charge is 2.51. The molecule has 0 spiro atoms. The van der Waals surface area contributed by atoms with Gasteiger partial charge >= 0.3 is 0 Å². The third kappa shape index (κ3) is 1.34. The molecule has 74 valence electrons. The highest BCUT2D eigenvalue weighted by Crippen LogP contribution is 2.58. The van der Waals surface area contributed by atoms with Crippen molar-refractivity contribution in [1.29, 1.82) is 0 Å². The second kappa shape index (κ2) is 2.84. The average molecular weight is 180 g/mol. The van der Waals surface area contributed by atoms with Crippen LogP contribution in [-0.2, 0) is 0 Å². The Morgan fingerprint density at radius 1 is 1.46 bits per heavy atom. The van der Waals surface area contributed by atoms with Crippen LogP contribution in [0.1, 0.15) is 26.7 Å². The van der Waals surface area contributed by atoms with Crippen molar-refractivity contribution >= 4 is 0 Å². The molecule has 13 heavy (non-hydrogen) atoms. The average Bonchev–Trinajstić information content (AvgIpc) is 2.03. The zero-order valence-corrected chi connectivity index (χ0v) is 9.35. The molecule has 3 rings (SSSR count). The second-order valence-electron chi connectivity index (χ2n) is 5.71. The normalized spacial score (nSPS) is 35.6. The van der Waals surface area contributed by atoms with Crippen molar-refractivity contribution < 1.29 is 4.90 Å². The number of rotatable bonds is 2. The summed E-state index contributed by atoms with van der Waals surface area (Å²) in [4.78, 5) is 1.56. The summed E-state index contributed by atoms with van der Waals surface area (Å²) in [6, 6.07) is 0. The highest BCUT2D eigenvalue weighted by atomic mass is 15.1. The summed E-state index contributed by atoms with van der Waals surface area (Å²) in [6.45, 7) is 6.15. The van der Waals surface area contributed by atoms with Crippen molar-refractivity contribution in [2.45, 2.75) is 26.7 Å². The molecule has 0 aromatic rings. The summed E-state index contributed by atoms with van der Waals surface area (Å²) in [7, 11) is 4.50. The molecule has 3 aliphatic rings. The number of hydrogen-bond acceptors (Lipinski definition) is 0. The lowest BCUT2D eigenvalue weighted by Crippen LogP contribution is -3.06. The molecule has 0 aromatic heterocycles. The van der Waals surface area contributed by atoms with E-state index in [2.05, 4.69) is 34.0 Å². The van der Waals surface area contributed by atoms with Crippen LogP contribution in [0.5, 0.6) is 0 Å². The molecule has 0 radical (unpaired) electrons. The first-order valence-electron chi connectivity index (χ1n) is 5.49. The lowest BCUT2D eigenvalue weighted by Gasteiger charge is -2.56. The number of likely N-dealkylation sites (N-methyl/N-ethyl adjacent to an activating group) is 1. The maximum Gasteiger partial charge on any atom is 0.0986 e. The van der Waals surface area contributed by atoms with Crippen LogP contribution in [0.15, 0.2) is 11.6 Å². The number of nitrogens with one attached hydrogen (secondary N) is 1. The monoisotopic (exact) mass is 180 g/mol. The van der Waals surface area contributed by atoms with Crippen molar-refractivity contribution in [3.05, 3.63) is 11.6 Å². The van der Waals surface area contributed by atoms with Gasteiger partial charge in [0.2, 0.25) is 0 Å². The van der Waals surface area contributed by atoms with Gasteiger partial charge in [-0.05, 0) is 35.7 Å². The van der Waals surface area contributed by atoms with Gasteiger partial charge in [0, 0.05) is 0 Å². The van der Waals surface area contributed by atoms with Crippen LogP contribution in [0.3, 0.4) is 0 Å². The molecule has 2 atom stereocenters. The fourth-order valence-electron chi connectivity index (χ4n) is 3.08. The quantitative estimate of drug-likeness (QED) is 0.608. The Hall–Kier alpha value is -0.300. The fourth-order valence-corrected chi connectivity index (χ4v) is 3.08. The first-order valence-corrected chi connectivity index (χ1v) is 5.49. The Kier molecular flexibility index (Phi) is 2.03. The number of allylic oxidation sites excluding steroid dienone is 1. The molecule has 2 unspecified atom stereocenters. The van der Waals surface area contributed by atoms with Crippen LogP contribution in [0.2, 0.25) is 0 Å². The zero-order chi connectivity index (χ0) is 9.64. The molecule has 3 aliphatic carbocycles. The maximum absolute atomic E-state index is 2.51. The standard InChI is InChI=1S/C12H21N/c1-12(2)10-6-5-9(8-13(3)4)11(12)7-10/h5,10-11H,6-8H2,1-4H3/p+1. The molecule has 0 aromatic carbocycles. The van der Waals surface area contributed by atoms with Crippen LogP contribution in [0.4, 0.5) is 0 Å². The van der Waals surface area contributed by atoms with Crippen molar-refractivity contribution in [2.24, 2.45) is 17.3 Å².